The van der Waals surface area contributed by atoms with Crippen molar-refractivity contribution in [1.82, 2.24) is 10.1 Å². The number of hydrogen-bond acceptors (Lipinski definition) is 4. The van der Waals surface area contributed by atoms with Crippen LogP contribution < -0.4 is 0 Å². The van der Waals surface area contributed by atoms with Gasteiger partial charge in [-0.15, -0.1) is 0 Å². The Morgan fingerprint density at radius 2 is 1.89 bits per heavy atom. The lowest BCUT2D eigenvalue weighted by Crippen LogP contribution is -2.10. The van der Waals surface area contributed by atoms with Crippen molar-refractivity contribution in [3.63, 3.8) is 0 Å². The summed E-state index contributed by atoms with van der Waals surface area (Å²) in [6.07, 6.45) is 0.886. The van der Waals surface area contributed by atoms with Crippen molar-refractivity contribution in [2.24, 2.45) is 5.41 Å². The quantitative estimate of drug-likeness (QED) is 0.791. The third-order valence-electron chi connectivity index (χ3n) is 2.61. The van der Waals surface area contributed by atoms with Crippen molar-refractivity contribution in [2.45, 2.75) is 33.6 Å². The molecule has 0 atom stereocenters. The molecule has 100 valence electrons. The van der Waals surface area contributed by atoms with E-state index in [0.29, 0.717) is 17.3 Å². The van der Waals surface area contributed by atoms with Gasteiger partial charge in [0.25, 0.3) is 0 Å². The number of ketones is 1. The second-order valence-electron chi connectivity index (χ2n) is 5.81. The van der Waals surface area contributed by atoms with Gasteiger partial charge in [-0.05, 0) is 5.41 Å². The van der Waals surface area contributed by atoms with Crippen molar-refractivity contribution in [3.8, 4) is 0 Å². The molecule has 0 amide bonds. The summed E-state index contributed by atoms with van der Waals surface area (Å²) in [6.45, 7) is 6.33. The molecule has 1 aromatic heterocycles. The fourth-order valence-corrected chi connectivity index (χ4v) is 1.77. The molecule has 0 saturated carbocycles. The number of hydrogen-bond donors (Lipinski definition) is 0. The van der Waals surface area contributed by atoms with E-state index in [0.717, 1.165) is 6.42 Å². The molecule has 0 N–H and O–H groups in total. The van der Waals surface area contributed by atoms with Crippen LogP contribution >= 0.6 is 0 Å². The van der Waals surface area contributed by atoms with Crippen molar-refractivity contribution in [1.29, 1.82) is 0 Å². The first kappa shape index (κ1) is 13.5. The van der Waals surface area contributed by atoms with Gasteiger partial charge in [-0.25, -0.2) is 0 Å². The van der Waals surface area contributed by atoms with E-state index in [9.17, 15) is 4.79 Å². The van der Waals surface area contributed by atoms with E-state index >= 15 is 0 Å². The highest BCUT2D eigenvalue weighted by Gasteiger charge is 2.17. The maximum atomic E-state index is 12.0. The van der Waals surface area contributed by atoms with Gasteiger partial charge in [-0.1, -0.05) is 56.3 Å². The van der Waals surface area contributed by atoms with E-state index in [4.69, 9.17) is 4.52 Å². The third-order valence-corrected chi connectivity index (χ3v) is 2.61. The molecule has 0 aliphatic heterocycles. The lowest BCUT2D eigenvalue weighted by atomic mass is 9.92. The third kappa shape index (κ3) is 4.02. The molecule has 4 nitrogen and oxygen atoms in total. The fraction of sp³-hybridized carbons (Fsp3) is 0.400. The lowest BCUT2D eigenvalue weighted by molar-refractivity contribution is 0.0983. The molecule has 0 aliphatic rings. The average Bonchev–Trinajstić information content (AvgIpc) is 2.75. The summed E-state index contributed by atoms with van der Waals surface area (Å²) >= 11 is 0. The number of Topliss-reactive ketones (excluding diaryl/α,β-unsaturated/α-hetero) is 1. The Labute approximate surface area is 112 Å². The zero-order valence-electron chi connectivity index (χ0n) is 11.5. The molecule has 0 spiro atoms. The number of nitrogens with zero attached hydrogens (tertiary/aromatic N) is 2. The molecule has 19 heavy (non-hydrogen) atoms. The first-order valence-corrected chi connectivity index (χ1v) is 6.34. The number of benzene rings is 1. The van der Waals surface area contributed by atoms with Gasteiger partial charge in [0.15, 0.2) is 11.6 Å². The van der Waals surface area contributed by atoms with Crippen LogP contribution in [0.2, 0.25) is 0 Å². The van der Waals surface area contributed by atoms with E-state index in [2.05, 4.69) is 30.9 Å². The molecule has 0 fully saturated rings. The van der Waals surface area contributed by atoms with E-state index in [1.54, 1.807) is 12.1 Å². The van der Waals surface area contributed by atoms with E-state index in [1.165, 1.54) is 0 Å². The Kier molecular flexibility index (Phi) is 3.79. The van der Waals surface area contributed by atoms with Gasteiger partial charge in [0.2, 0.25) is 5.89 Å². The van der Waals surface area contributed by atoms with Crippen molar-refractivity contribution >= 4 is 5.78 Å². The summed E-state index contributed by atoms with van der Waals surface area (Å²) in [5.41, 5.74) is 0.767. The second kappa shape index (κ2) is 5.34. The minimum Gasteiger partial charge on any atom is -0.339 e. The minimum absolute atomic E-state index is 0.00782. The Morgan fingerprint density at radius 3 is 2.53 bits per heavy atom. The Hall–Kier alpha value is -1.97. The zero-order valence-corrected chi connectivity index (χ0v) is 11.5. The SMILES string of the molecule is CC(C)(C)Cc1noc(CC(=O)c2ccccc2)n1. The van der Waals surface area contributed by atoms with Gasteiger partial charge >= 0.3 is 0 Å². The predicted octanol–water partition coefficient (Wildman–Crippen LogP) is 3.08. The molecule has 2 rings (SSSR count). The Balaban J connectivity index is 2.03. The number of carbonyl (C=O) groups is 1. The standard InChI is InChI=1S/C15H18N2O2/c1-15(2,3)10-13-16-14(19-17-13)9-12(18)11-7-5-4-6-8-11/h4-8H,9-10H2,1-3H3. The molecule has 0 aliphatic carbocycles. The molecule has 0 bridgehead atoms. The van der Waals surface area contributed by atoms with Crippen LogP contribution in [0.3, 0.4) is 0 Å². The molecule has 0 unspecified atom stereocenters. The molecular weight excluding hydrogens is 240 g/mol. The van der Waals surface area contributed by atoms with Crippen LogP contribution in [-0.4, -0.2) is 15.9 Å². The first-order valence-electron chi connectivity index (χ1n) is 6.34. The van der Waals surface area contributed by atoms with Gasteiger partial charge in [-0.2, -0.15) is 4.98 Å². The van der Waals surface area contributed by atoms with Crippen LogP contribution in [0.15, 0.2) is 34.9 Å². The molecule has 0 saturated heterocycles. The smallest absolute Gasteiger partial charge is 0.234 e. The molecular formula is C15H18N2O2. The summed E-state index contributed by atoms with van der Waals surface area (Å²) in [7, 11) is 0. The van der Waals surface area contributed by atoms with Crippen LogP contribution in [0.25, 0.3) is 0 Å². The van der Waals surface area contributed by atoms with E-state index in [-0.39, 0.29) is 17.6 Å². The summed E-state index contributed by atoms with van der Waals surface area (Å²) in [5.74, 6) is 1.03. The summed E-state index contributed by atoms with van der Waals surface area (Å²) in [5, 5.41) is 3.91. The topological polar surface area (TPSA) is 56.0 Å². The van der Waals surface area contributed by atoms with Crippen LogP contribution in [-0.2, 0) is 12.8 Å². The molecule has 1 aromatic carbocycles. The van der Waals surface area contributed by atoms with Crippen molar-refractivity contribution < 1.29 is 9.32 Å². The molecule has 1 heterocycles. The lowest BCUT2D eigenvalue weighted by Gasteiger charge is -2.14. The fourth-order valence-electron chi connectivity index (χ4n) is 1.77. The predicted molar refractivity (Wildman–Crippen MR) is 71.9 cm³/mol. The number of rotatable bonds is 4. The van der Waals surface area contributed by atoms with Crippen LogP contribution in [0.1, 0.15) is 42.8 Å². The molecule has 4 heteroatoms. The summed E-state index contributed by atoms with van der Waals surface area (Å²) < 4.78 is 5.12. The monoisotopic (exact) mass is 258 g/mol. The highest BCUT2D eigenvalue weighted by molar-refractivity contribution is 5.96. The van der Waals surface area contributed by atoms with Gasteiger partial charge in [0, 0.05) is 12.0 Å². The Bertz CT molecular complexity index is 553. The van der Waals surface area contributed by atoms with Crippen LogP contribution in [0.5, 0.6) is 0 Å². The highest BCUT2D eigenvalue weighted by Crippen LogP contribution is 2.18. The normalized spacial score (nSPS) is 11.5. The average molecular weight is 258 g/mol. The number of carbonyl (C=O) groups excluding carboxylic acids is 1. The van der Waals surface area contributed by atoms with Gasteiger partial charge in [0.1, 0.15) is 0 Å². The van der Waals surface area contributed by atoms with E-state index in [1.807, 2.05) is 18.2 Å². The maximum Gasteiger partial charge on any atom is 0.234 e. The highest BCUT2D eigenvalue weighted by atomic mass is 16.5. The molecule has 2 aromatic rings. The first-order chi connectivity index (χ1) is 8.94. The molecule has 0 radical (unpaired) electrons. The largest absolute Gasteiger partial charge is 0.339 e. The summed E-state index contributed by atoms with van der Waals surface area (Å²) in [4.78, 5) is 16.2. The van der Waals surface area contributed by atoms with Crippen LogP contribution in [0, 0.1) is 5.41 Å². The van der Waals surface area contributed by atoms with Crippen molar-refractivity contribution in [2.75, 3.05) is 0 Å². The second-order valence-corrected chi connectivity index (χ2v) is 5.81. The minimum atomic E-state index is -0.00782. The van der Waals surface area contributed by atoms with Gasteiger partial charge in [0.05, 0.1) is 6.42 Å². The maximum absolute atomic E-state index is 12.0. The zero-order chi connectivity index (χ0) is 13.9. The van der Waals surface area contributed by atoms with E-state index < -0.39 is 0 Å². The van der Waals surface area contributed by atoms with Crippen molar-refractivity contribution in [3.05, 3.63) is 47.6 Å². The van der Waals surface area contributed by atoms with Gasteiger partial charge < -0.3 is 4.52 Å². The summed E-state index contributed by atoms with van der Waals surface area (Å²) in [6, 6.07) is 9.13. The van der Waals surface area contributed by atoms with Crippen LogP contribution in [0.4, 0.5) is 0 Å². The van der Waals surface area contributed by atoms with Gasteiger partial charge in [-0.3, -0.25) is 4.79 Å². The number of aromatic nitrogens is 2. The Morgan fingerprint density at radius 1 is 1.21 bits per heavy atom.